The molecule has 0 fully saturated rings. The number of aromatic nitrogens is 2. The zero-order chi connectivity index (χ0) is 17.4. The summed E-state index contributed by atoms with van der Waals surface area (Å²) in [4.78, 5) is 23.9. The number of nitrogens with one attached hydrogen (secondary N) is 1. The molecule has 0 aliphatic carbocycles. The van der Waals surface area contributed by atoms with E-state index in [2.05, 4.69) is 10.2 Å². The summed E-state index contributed by atoms with van der Waals surface area (Å²) in [7, 11) is 0. The molecule has 0 bridgehead atoms. The number of fused-ring (bicyclic) bond motifs is 1. The number of carbonyl (C=O) groups excluding carboxylic acids is 1. The van der Waals surface area contributed by atoms with Gasteiger partial charge in [-0.2, -0.15) is 0 Å². The number of nitrogens with zero attached hydrogens (tertiary/aromatic N) is 2. The average molecular weight is 357 g/mol. The van der Waals surface area contributed by atoms with Crippen LogP contribution in [0.2, 0.25) is 0 Å². The summed E-state index contributed by atoms with van der Waals surface area (Å²) in [5.41, 5.74) is -2.34. The Labute approximate surface area is 134 Å². The van der Waals surface area contributed by atoms with Crippen LogP contribution in [-0.2, 0) is 0 Å². The van der Waals surface area contributed by atoms with Crippen molar-refractivity contribution in [3.05, 3.63) is 45.0 Å². The maximum absolute atomic E-state index is 13.8. The van der Waals surface area contributed by atoms with E-state index in [0.29, 0.717) is 11.3 Å². The quantitative estimate of drug-likeness (QED) is 0.698. The second kappa shape index (κ2) is 5.92. The zero-order valence-electron chi connectivity index (χ0n) is 11.4. The number of aromatic hydroxyl groups is 1. The van der Waals surface area contributed by atoms with Crippen molar-refractivity contribution in [3.8, 4) is 5.75 Å². The molecule has 0 aliphatic rings. The molecule has 3 aromatic rings. The van der Waals surface area contributed by atoms with Crippen LogP contribution >= 0.6 is 11.3 Å². The Morgan fingerprint density at radius 3 is 2.75 bits per heavy atom. The third-order valence-electron chi connectivity index (χ3n) is 2.93. The van der Waals surface area contributed by atoms with Crippen LogP contribution in [0, 0.1) is 5.82 Å². The van der Waals surface area contributed by atoms with Gasteiger partial charge in [0.1, 0.15) is 17.1 Å². The average Bonchev–Trinajstić information content (AvgIpc) is 2.95. The number of rotatable bonds is 3. The maximum Gasteiger partial charge on any atom is 0.353 e. The fraction of sp³-hybridized carbons (Fsp3) is 0.0769. The van der Waals surface area contributed by atoms with Gasteiger partial charge in [-0.05, 0) is 12.1 Å². The lowest BCUT2D eigenvalue weighted by atomic mass is 10.1. The lowest BCUT2D eigenvalue weighted by Gasteiger charge is -2.06. The Morgan fingerprint density at radius 2 is 2.08 bits per heavy atom. The highest BCUT2D eigenvalue weighted by Crippen LogP contribution is 2.30. The van der Waals surface area contributed by atoms with Crippen molar-refractivity contribution < 1.29 is 27.5 Å². The van der Waals surface area contributed by atoms with E-state index in [1.807, 2.05) is 5.32 Å². The van der Waals surface area contributed by atoms with Crippen LogP contribution < -0.4 is 10.9 Å². The number of carbonyl (C=O) groups is 1. The van der Waals surface area contributed by atoms with Crippen LogP contribution in [0.4, 0.5) is 18.3 Å². The van der Waals surface area contributed by atoms with E-state index < -0.39 is 45.5 Å². The normalized spacial score (nSPS) is 11.2. The minimum atomic E-state index is -2.87. The van der Waals surface area contributed by atoms with Gasteiger partial charge in [0.05, 0.1) is 5.39 Å². The fourth-order valence-electron chi connectivity index (χ4n) is 1.92. The van der Waals surface area contributed by atoms with Crippen molar-refractivity contribution in [3.63, 3.8) is 0 Å². The number of alkyl halides is 2. The Kier molecular flexibility index (Phi) is 3.93. The SMILES string of the molecule is O=C(Nc1nnc(C(F)F)s1)c1c(O)c2c(F)cccc2oc1=O. The molecular weight excluding hydrogens is 351 g/mol. The van der Waals surface area contributed by atoms with Crippen LogP contribution in [0.5, 0.6) is 5.75 Å². The molecule has 2 heterocycles. The molecule has 11 heteroatoms. The standard InChI is InChI=1S/C13H6F3N3O4S/c14-4-2-1-3-5-6(4)8(20)7(12(22)23-5)10(21)17-13-19-18-11(24-13)9(15)16/h1-3,9,20H,(H,17,19,21). The van der Waals surface area contributed by atoms with Crippen LogP contribution in [0.1, 0.15) is 21.8 Å². The van der Waals surface area contributed by atoms with E-state index in [-0.39, 0.29) is 10.7 Å². The third kappa shape index (κ3) is 2.69. The summed E-state index contributed by atoms with van der Waals surface area (Å²) in [5.74, 6) is -3.02. The van der Waals surface area contributed by atoms with Crippen LogP contribution in [0.25, 0.3) is 11.0 Å². The highest BCUT2D eigenvalue weighted by molar-refractivity contribution is 7.15. The van der Waals surface area contributed by atoms with E-state index >= 15 is 0 Å². The summed E-state index contributed by atoms with van der Waals surface area (Å²) in [5, 5.41) is 17.1. The predicted octanol–water partition coefficient (Wildman–Crippen LogP) is 2.68. The Balaban J connectivity index is 2.03. The molecule has 0 saturated heterocycles. The van der Waals surface area contributed by atoms with Crippen molar-refractivity contribution in [2.24, 2.45) is 0 Å². The predicted molar refractivity (Wildman–Crippen MR) is 76.9 cm³/mol. The number of hydrogen-bond donors (Lipinski definition) is 2. The van der Waals surface area contributed by atoms with E-state index in [1.165, 1.54) is 12.1 Å². The van der Waals surface area contributed by atoms with Crippen LogP contribution in [0.3, 0.4) is 0 Å². The van der Waals surface area contributed by atoms with Gasteiger partial charge in [0.25, 0.3) is 12.3 Å². The number of halogens is 3. The first-order valence-electron chi connectivity index (χ1n) is 6.25. The molecule has 0 saturated carbocycles. The van der Waals surface area contributed by atoms with E-state index in [9.17, 15) is 27.9 Å². The van der Waals surface area contributed by atoms with Gasteiger partial charge < -0.3 is 9.52 Å². The summed E-state index contributed by atoms with van der Waals surface area (Å²) in [6, 6.07) is 3.50. The van der Waals surface area contributed by atoms with Gasteiger partial charge in [-0.15, -0.1) is 10.2 Å². The molecule has 1 amide bonds. The summed E-state index contributed by atoms with van der Waals surface area (Å²) in [6.45, 7) is 0. The van der Waals surface area contributed by atoms with Gasteiger partial charge in [0, 0.05) is 0 Å². The van der Waals surface area contributed by atoms with Gasteiger partial charge in [0.15, 0.2) is 10.6 Å². The first-order valence-corrected chi connectivity index (χ1v) is 7.07. The van der Waals surface area contributed by atoms with Crippen molar-refractivity contribution in [2.45, 2.75) is 6.43 Å². The van der Waals surface area contributed by atoms with Crippen molar-refractivity contribution in [1.82, 2.24) is 10.2 Å². The molecule has 0 atom stereocenters. The second-order valence-corrected chi connectivity index (χ2v) is 5.44. The van der Waals surface area contributed by atoms with Gasteiger partial charge >= 0.3 is 5.63 Å². The van der Waals surface area contributed by atoms with Gasteiger partial charge in [0.2, 0.25) is 5.13 Å². The molecule has 2 aromatic heterocycles. The minimum absolute atomic E-state index is 0.245. The summed E-state index contributed by atoms with van der Waals surface area (Å²) < 4.78 is 43.4. The highest BCUT2D eigenvalue weighted by Gasteiger charge is 2.24. The Bertz CT molecular complexity index is 1000. The summed E-state index contributed by atoms with van der Waals surface area (Å²) in [6.07, 6.45) is -2.87. The van der Waals surface area contributed by atoms with E-state index in [1.54, 1.807) is 0 Å². The van der Waals surface area contributed by atoms with Gasteiger partial charge in [-0.1, -0.05) is 17.4 Å². The highest BCUT2D eigenvalue weighted by atomic mass is 32.1. The zero-order valence-corrected chi connectivity index (χ0v) is 12.2. The number of anilines is 1. The third-order valence-corrected chi connectivity index (χ3v) is 3.78. The first-order chi connectivity index (χ1) is 11.4. The first kappa shape index (κ1) is 15.9. The molecule has 0 spiro atoms. The summed E-state index contributed by atoms with van der Waals surface area (Å²) >= 11 is 0.390. The van der Waals surface area contributed by atoms with Crippen LogP contribution in [0.15, 0.2) is 27.4 Å². The number of benzene rings is 1. The van der Waals surface area contributed by atoms with E-state index in [4.69, 9.17) is 4.42 Å². The number of hydrogen-bond acceptors (Lipinski definition) is 7. The Morgan fingerprint density at radius 1 is 1.33 bits per heavy atom. The van der Waals surface area contributed by atoms with Crippen LogP contribution in [-0.4, -0.2) is 21.2 Å². The molecule has 1 aromatic carbocycles. The smallest absolute Gasteiger partial charge is 0.353 e. The molecule has 0 radical (unpaired) electrons. The molecule has 124 valence electrons. The molecular formula is C13H6F3N3O4S. The van der Waals surface area contributed by atoms with Crippen molar-refractivity contribution >= 4 is 33.3 Å². The second-order valence-electron chi connectivity index (χ2n) is 4.43. The lowest BCUT2D eigenvalue weighted by molar-refractivity contribution is 0.102. The molecule has 2 N–H and O–H groups in total. The Hall–Kier alpha value is -2.95. The van der Waals surface area contributed by atoms with Crippen molar-refractivity contribution in [1.29, 1.82) is 0 Å². The molecule has 0 aliphatic heterocycles. The van der Waals surface area contributed by atoms with E-state index in [0.717, 1.165) is 6.07 Å². The number of amides is 1. The minimum Gasteiger partial charge on any atom is -0.506 e. The fourth-order valence-corrected chi connectivity index (χ4v) is 2.52. The maximum atomic E-state index is 13.8. The van der Waals surface area contributed by atoms with Gasteiger partial charge in [-0.3, -0.25) is 10.1 Å². The van der Waals surface area contributed by atoms with Gasteiger partial charge in [-0.25, -0.2) is 18.0 Å². The molecule has 3 rings (SSSR count). The molecule has 24 heavy (non-hydrogen) atoms. The topological polar surface area (TPSA) is 105 Å². The van der Waals surface area contributed by atoms with Crippen molar-refractivity contribution in [2.75, 3.05) is 5.32 Å². The lowest BCUT2D eigenvalue weighted by Crippen LogP contribution is -2.21. The largest absolute Gasteiger partial charge is 0.506 e. The molecule has 7 nitrogen and oxygen atoms in total. The monoisotopic (exact) mass is 357 g/mol. The molecule has 0 unspecified atom stereocenters.